The van der Waals surface area contributed by atoms with E-state index in [-0.39, 0.29) is 23.2 Å². The van der Waals surface area contributed by atoms with E-state index in [1.54, 1.807) is 41.7 Å². The van der Waals surface area contributed by atoms with Crippen LogP contribution in [0.3, 0.4) is 0 Å². The van der Waals surface area contributed by atoms with Gasteiger partial charge >= 0.3 is 0 Å². The number of ether oxygens (including phenoxy) is 1. The maximum Gasteiger partial charge on any atom is 0.261 e. The fraction of sp³-hybridized carbons (Fsp3) is 0.310. The largest absolute Gasteiger partial charge is 0.497 e. The molecule has 41 heavy (non-hydrogen) atoms. The molecule has 2 N–H and O–H groups in total. The number of hydrogen-bond acceptors (Lipinski definition) is 8. The molecule has 5 rings (SSSR count). The van der Waals surface area contributed by atoms with Crippen molar-refractivity contribution in [3.05, 3.63) is 77.4 Å². The number of anilines is 2. The van der Waals surface area contributed by atoms with E-state index in [2.05, 4.69) is 45.8 Å². The molecule has 0 aliphatic carbocycles. The third-order valence-corrected chi connectivity index (χ3v) is 9.38. The minimum Gasteiger partial charge on any atom is -0.497 e. The highest BCUT2D eigenvalue weighted by atomic mass is 35.5. The van der Waals surface area contributed by atoms with Gasteiger partial charge in [-0.05, 0) is 73.5 Å². The molecule has 1 aromatic heterocycles. The number of carbonyl (C=O) groups excluding carboxylic acids is 1. The number of hydrogen-bond donors (Lipinski definition) is 2. The molecule has 1 amide bonds. The summed E-state index contributed by atoms with van der Waals surface area (Å²) in [4.78, 5) is 22.5. The molecule has 1 saturated heterocycles. The molecule has 9 nitrogen and oxygen atoms in total. The van der Waals surface area contributed by atoms with Crippen molar-refractivity contribution in [1.82, 2.24) is 15.2 Å². The second kappa shape index (κ2) is 13.1. The number of fused-ring (bicyclic) bond motifs is 1. The molecule has 1 aliphatic rings. The van der Waals surface area contributed by atoms with E-state index in [0.717, 1.165) is 43.4 Å². The molecular formula is C29H34ClN5O4S2. The maximum absolute atomic E-state index is 12.8. The lowest BCUT2D eigenvalue weighted by Crippen LogP contribution is -2.48. The Labute approximate surface area is 251 Å². The Balaban J connectivity index is 0.00000387. The van der Waals surface area contributed by atoms with Gasteiger partial charge in [0, 0.05) is 50.5 Å². The van der Waals surface area contributed by atoms with E-state index in [0.29, 0.717) is 23.5 Å². The van der Waals surface area contributed by atoms with Crippen LogP contribution in [-0.4, -0.2) is 70.6 Å². The summed E-state index contributed by atoms with van der Waals surface area (Å²) >= 11 is 1.75. The van der Waals surface area contributed by atoms with E-state index in [9.17, 15) is 13.2 Å². The van der Waals surface area contributed by atoms with Gasteiger partial charge in [0.05, 0.1) is 22.2 Å². The highest BCUT2D eigenvalue weighted by Crippen LogP contribution is 2.32. The molecule has 0 radical (unpaired) electrons. The third-order valence-electron chi connectivity index (χ3n) is 6.92. The summed E-state index contributed by atoms with van der Waals surface area (Å²) in [5.41, 5.74) is 4.27. The minimum absolute atomic E-state index is 0. The topological polar surface area (TPSA) is 104 Å². The van der Waals surface area contributed by atoms with Crippen LogP contribution in [0, 0.1) is 13.8 Å². The number of thiazole rings is 1. The summed E-state index contributed by atoms with van der Waals surface area (Å²) in [7, 11) is -2.28. The minimum atomic E-state index is -3.80. The number of rotatable bonds is 9. The second-order valence-corrected chi connectivity index (χ2v) is 12.6. The average molecular weight is 616 g/mol. The van der Waals surface area contributed by atoms with E-state index in [1.807, 2.05) is 0 Å². The van der Waals surface area contributed by atoms with Crippen molar-refractivity contribution < 1.29 is 17.9 Å². The van der Waals surface area contributed by atoms with Crippen molar-refractivity contribution in [3.8, 4) is 5.75 Å². The number of halogens is 1. The maximum atomic E-state index is 12.8. The zero-order valence-electron chi connectivity index (χ0n) is 23.2. The monoisotopic (exact) mass is 615 g/mol. The van der Waals surface area contributed by atoms with E-state index >= 15 is 0 Å². The number of amides is 1. The van der Waals surface area contributed by atoms with Crippen LogP contribution in [0.25, 0.3) is 10.2 Å². The zero-order valence-corrected chi connectivity index (χ0v) is 25.7. The Hall–Kier alpha value is -3.38. The van der Waals surface area contributed by atoms with Crippen molar-refractivity contribution in [2.75, 3.05) is 56.0 Å². The molecule has 0 spiro atoms. The predicted octanol–water partition coefficient (Wildman–Crippen LogP) is 4.70. The number of methoxy groups -OCH3 is 1. The van der Waals surface area contributed by atoms with Crippen LogP contribution in [-0.2, 0) is 10.0 Å². The summed E-state index contributed by atoms with van der Waals surface area (Å²) < 4.78 is 34.4. The smallest absolute Gasteiger partial charge is 0.261 e. The number of nitrogens with zero attached hydrogens (tertiary/aromatic N) is 3. The number of nitrogens with one attached hydrogen (secondary N) is 2. The van der Waals surface area contributed by atoms with Crippen molar-refractivity contribution in [3.63, 3.8) is 0 Å². The fourth-order valence-corrected chi connectivity index (χ4v) is 7.02. The summed E-state index contributed by atoms with van der Waals surface area (Å²) in [6.45, 7) is 9.04. The van der Waals surface area contributed by atoms with Crippen LogP contribution in [0.4, 0.5) is 10.8 Å². The van der Waals surface area contributed by atoms with Crippen LogP contribution in [0.1, 0.15) is 21.5 Å². The molecule has 0 unspecified atom stereocenters. The molecule has 0 saturated carbocycles. The fourth-order valence-electron chi connectivity index (χ4n) is 4.78. The van der Waals surface area contributed by atoms with Gasteiger partial charge in [-0.15, -0.1) is 12.4 Å². The SMILES string of the molecule is COc1ccc(S(=O)(=O)Nc2cccc(C(=O)NCCN3CCN(c4nc5c(C)cc(C)cc5s4)CC3)c2)cc1.Cl. The van der Waals surface area contributed by atoms with Gasteiger partial charge in [0.25, 0.3) is 15.9 Å². The Morgan fingerprint density at radius 1 is 1.02 bits per heavy atom. The highest BCUT2D eigenvalue weighted by Gasteiger charge is 2.21. The molecule has 0 atom stereocenters. The Morgan fingerprint density at radius 2 is 1.76 bits per heavy atom. The molecule has 1 fully saturated rings. The van der Waals surface area contributed by atoms with E-state index < -0.39 is 10.0 Å². The highest BCUT2D eigenvalue weighted by molar-refractivity contribution is 7.92. The molecular weight excluding hydrogens is 582 g/mol. The van der Waals surface area contributed by atoms with E-state index in [1.165, 1.54) is 41.1 Å². The van der Waals surface area contributed by atoms with Crippen LogP contribution in [0.15, 0.2) is 65.6 Å². The van der Waals surface area contributed by atoms with Gasteiger partial charge < -0.3 is 15.0 Å². The number of carbonyl (C=O) groups is 1. The van der Waals surface area contributed by atoms with Crippen molar-refractivity contribution in [2.45, 2.75) is 18.7 Å². The Bertz CT molecular complexity index is 1620. The van der Waals surface area contributed by atoms with Gasteiger partial charge in [-0.3, -0.25) is 14.4 Å². The van der Waals surface area contributed by atoms with Crippen molar-refractivity contribution >= 4 is 60.7 Å². The van der Waals surface area contributed by atoms with Crippen LogP contribution in [0.2, 0.25) is 0 Å². The van der Waals surface area contributed by atoms with Gasteiger partial charge in [-0.1, -0.05) is 23.5 Å². The number of aryl methyl sites for hydroxylation is 2. The first-order valence-corrected chi connectivity index (χ1v) is 15.4. The van der Waals surface area contributed by atoms with Gasteiger partial charge in [0.2, 0.25) is 0 Å². The van der Waals surface area contributed by atoms with Gasteiger partial charge in [0.15, 0.2) is 5.13 Å². The first-order chi connectivity index (χ1) is 19.2. The number of piperazine rings is 1. The Morgan fingerprint density at radius 3 is 2.46 bits per heavy atom. The summed E-state index contributed by atoms with van der Waals surface area (Å²) in [6.07, 6.45) is 0. The summed E-state index contributed by atoms with van der Waals surface area (Å²) in [6, 6.07) is 17.0. The molecule has 218 valence electrons. The summed E-state index contributed by atoms with van der Waals surface area (Å²) in [5.74, 6) is 0.321. The average Bonchev–Trinajstić information content (AvgIpc) is 3.38. The number of aromatic nitrogens is 1. The molecule has 3 aromatic carbocycles. The first kappa shape index (κ1) is 30.6. The van der Waals surface area contributed by atoms with Crippen molar-refractivity contribution in [1.29, 1.82) is 0 Å². The lowest BCUT2D eigenvalue weighted by atomic mass is 10.1. The normalized spacial score (nSPS) is 14.0. The van der Waals surface area contributed by atoms with Crippen LogP contribution < -0.4 is 19.7 Å². The van der Waals surface area contributed by atoms with E-state index in [4.69, 9.17) is 9.72 Å². The lowest BCUT2D eigenvalue weighted by Gasteiger charge is -2.34. The zero-order chi connectivity index (χ0) is 28.3. The molecule has 0 bridgehead atoms. The Kier molecular flexibility index (Phi) is 9.75. The molecule has 2 heterocycles. The first-order valence-electron chi connectivity index (χ1n) is 13.1. The lowest BCUT2D eigenvalue weighted by molar-refractivity contribution is 0.0948. The molecule has 4 aromatic rings. The van der Waals surface area contributed by atoms with Gasteiger partial charge in [-0.2, -0.15) is 0 Å². The standard InChI is InChI=1S/C29H33N5O4S2.ClH/c1-20-17-21(2)27-26(18-20)39-29(31-27)34-15-13-33(14-16-34)12-11-30-28(35)22-5-4-6-23(19-22)32-40(36,37)25-9-7-24(38-3)8-10-25;/h4-10,17-19,32H,11-16H2,1-3H3,(H,30,35);1H. The van der Waals surface area contributed by atoms with Crippen molar-refractivity contribution in [2.24, 2.45) is 0 Å². The third kappa shape index (κ3) is 7.28. The predicted molar refractivity (Wildman–Crippen MR) is 168 cm³/mol. The molecule has 12 heteroatoms. The second-order valence-electron chi connectivity index (χ2n) is 9.87. The molecule has 1 aliphatic heterocycles. The van der Waals surface area contributed by atoms with Gasteiger partial charge in [-0.25, -0.2) is 13.4 Å². The van der Waals surface area contributed by atoms with Gasteiger partial charge in [0.1, 0.15) is 5.75 Å². The summed E-state index contributed by atoms with van der Waals surface area (Å²) in [5, 5.41) is 4.03. The quantitative estimate of drug-likeness (QED) is 0.281. The van der Waals surface area contributed by atoms with Crippen LogP contribution >= 0.6 is 23.7 Å². The van der Waals surface area contributed by atoms with Crippen LogP contribution in [0.5, 0.6) is 5.75 Å². The number of sulfonamides is 1. The number of benzene rings is 3.